The lowest BCUT2D eigenvalue weighted by atomic mass is 10.1. The number of hydrogen-bond donors (Lipinski definition) is 5. The lowest BCUT2D eigenvalue weighted by Gasteiger charge is -2.31. The zero-order valence-corrected chi connectivity index (χ0v) is 17.2. The maximum atomic E-state index is 12.9. The number of likely N-dealkylation sites (tertiary alicyclic amines) is 1. The minimum absolute atomic E-state index is 0.0660. The zero-order valence-electron chi connectivity index (χ0n) is 17.2. The highest BCUT2D eigenvalue weighted by molar-refractivity contribution is 5.93. The van der Waals surface area contributed by atoms with E-state index in [0.29, 0.717) is 32.5 Å². The molecule has 3 rings (SSSR count). The zero-order chi connectivity index (χ0) is 21.3. The smallest absolute Gasteiger partial charge is 0.243 e. The molecule has 2 saturated heterocycles. The van der Waals surface area contributed by atoms with Gasteiger partial charge in [-0.25, -0.2) is 0 Å². The Morgan fingerprint density at radius 2 is 2.00 bits per heavy atom. The van der Waals surface area contributed by atoms with Crippen molar-refractivity contribution in [3.05, 3.63) is 35.9 Å². The molecular formula is C21H32N6O3. The van der Waals surface area contributed by atoms with Crippen LogP contribution < -0.4 is 27.0 Å². The van der Waals surface area contributed by atoms with Crippen molar-refractivity contribution in [3.8, 4) is 0 Å². The third-order valence-electron chi connectivity index (χ3n) is 5.58. The van der Waals surface area contributed by atoms with Gasteiger partial charge in [-0.15, -0.1) is 0 Å². The first-order valence-electron chi connectivity index (χ1n) is 10.7. The van der Waals surface area contributed by atoms with Gasteiger partial charge in [0.2, 0.25) is 17.7 Å². The highest BCUT2D eigenvalue weighted by atomic mass is 16.2. The molecular weight excluding hydrogens is 384 g/mol. The Bertz CT molecular complexity index is 723. The van der Waals surface area contributed by atoms with Gasteiger partial charge in [-0.3, -0.25) is 14.4 Å². The first-order valence-corrected chi connectivity index (χ1v) is 10.7. The summed E-state index contributed by atoms with van der Waals surface area (Å²) in [5.74, 6) is -0.631. The second-order valence-electron chi connectivity index (χ2n) is 7.74. The Balaban J connectivity index is 1.57. The van der Waals surface area contributed by atoms with E-state index < -0.39 is 12.1 Å². The summed E-state index contributed by atoms with van der Waals surface area (Å²) >= 11 is 0. The molecule has 2 heterocycles. The van der Waals surface area contributed by atoms with E-state index in [9.17, 15) is 14.4 Å². The van der Waals surface area contributed by atoms with E-state index >= 15 is 0 Å². The second kappa shape index (κ2) is 11.1. The minimum atomic E-state index is -0.724. The molecule has 9 nitrogen and oxygen atoms in total. The highest BCUT2D eigenvalue weighted by Crippen LogP contribution is 2.19. The van der Waals surface area contributed by atoms with E-state index in [4.69, 9.17) is 5.73 Å². The summed E-state index contributed by atoms with van der Waals surface area (Å²) in [5, 5.41) is 12.1. The first-order chi connectivity index (χ1) is 14.6. The fraction of sp³-hybridized carbons (Fsp3) is 0.571. The van der Waals surface area contributed by atoms with Crippen LogP contribution in [-0.4, -0.2) is 73.5 Å². The van der Waals surface area contributed by atoms with Crippen LogP contribution in [0.4, 0.5) is 0 Å². The van der Waals surface area contributed by atoms with Crippen molar-refractivity contribution >= 4 is 17.7 Å². The van der Waals surface area contributed by atoms with Crippen LogP contribution in [0.15, 0.2) is 30.3 Å². The minimum Gasteiger partial charge on any atom is -0.350 e. The van der Waals surface area contributed by atoms with E-state index in [1.165, 1.54) is 0 Å². The van der Waals surface area contributed by atoms with Crippen molar-refractivity contribution in [3.63, 3.8) is 0 Å². The Hall–Kier alpha value is -2.49. The van der Waals surface area contributed by atoms with Gasteiger partial charge in [-0.2, -0.15) is 0 Å². The van der Waals surface area contributed by atoms with Gasteiger partial charge in [-0.05, 0) is 31.4 Å². The monoisotopic (exact) mass is 416 g/mol. The predicted octanol–water partition coefficient (Wildman–Crippen LogP) is -1.31. The van der Waals surface area contributed by atoms with Crippen molar-refractivity contribution in [1.29, 1.82) is 0 Å². The van der Waals surface area contributed by atoms with Crippen LogP contribution in [-0.2, 0) is 20.9 Å². The Morgan fingerprint density at radius 3 is 2.70 bits per heavy atom. The van der Waals surface area contributed by atoms with Crippen LogP contribution in [0, 0.1) is 0 Å². The summed E-state index contributed by atoms with van der Waals surface area (Å²) < 4.78 is 0. The first kappa shape index (κ1) is 22.2. The average Bonchev–Trinajstić information content (AvgIpc) is 3.28. The standard InChI is InChI=1S/C21H32N6O3/c22-9-8-16(19(28)25-13-15-5-2-1-3-6-15)26-20(29)18-7-4-12-27(18)21(30)17-14-23-10-11-24-17/h1-3,5-6,16-18,23-24H,4,7-14,22H2,(H,25,28)(H,26,29)/t16-,17?,18+/m0/s1. The molecule has 0 aromatic heterocycles. The number of hydrogen-bond acceptors (Lipinski definition) is 6. The van der Waals surface area contributed by atoms with Gasteiger partial charge >= 0.3 is 0 Å². The lowest BCUT2D eigenvalue weighted by molar-refractivity contribution is -0.141. The van der Waals surface area contributed by atoms with Crippen molar-refractivity contribution in [2.24, 2.45) is 5.73 Å². The fourth-order valence-electron chi connectivity index (χ4n) is 3.94. The molecule has 0 spiro atoms. The number of nitrogens with two attached hydrogens (primary N) is 1. The molecule has 0 aliphatic carbocycles. The summed E-state index contributed by atoms with van der Waals surface area (Å²) in [6.07, 6.45) is 1.70. The summed E-state index contributed by atoms with van der Waals surface area (Å²) in [6.45, 7) is 3.31. The largest absolute Gasteiger partial charge is 0.350 e. The van der Waals surface area contributed by atoms with Crippen molar-refractivity contribution in [2.75, 3.05) is 32.7 Å². The molecule has 2 aliphatic heterocycles. The second-order valence-corrected chi connectivity index (χ2v) is 7.74. The maximum Gasteiger partial charge on any atom is 0.243 e. The quantitative estimate of drug-likeness (QED) is 0.358. The average molecular weight is 417 g/mol. The van der Waals surface area contributed by atoms with Gasteiger partial charge in [0.1, 0.15) is 12.1 Å². The van der Waals surface area contributed by atoms with E-state index in [2.05, 4.69) is 21.3 Å². The van der Waals surface area contributed by atoms with E-state index in [1.54, 1.807) is 4.90 Å². The molecule has 1 unspecified atom stereocenters. The number of amides is 3. The number of nitrogens with zero attached hydrogens (tertiary/aromatic N) is 1. The molecule has 0 saturated carbocycles. The van der Waals surface area contributed by atoms with Crippen LogP contribution in [0.5, 0.6) is 0 Å². The number of benzene rings is 1. The summed E-state index contributed by atoms with van der Waals surface area (Å²) in [4.78, 5) is 40.1. The van der Waals surface area contributed by atoms with Gasteiger partial charge in [-0.1, -0.05) is 30.3 Å². The summed E-state index contributed by atoms with van der Waals surface area (Å²) in [6, 6.07) is 7.98. The van der Waals surface area contributed by atoms with Crippen LogP contribution in [0.3, 0.4) is 0 Å². The summed E-state index contributed by atoms with van der Waals surface area (Å²) in [5.41, 5.74) is 6.64. The van der Waals surface area contributed by atoms with Crippen LogP contribution in [0.1, 0.15) is 24.8 Å². The van der Waals surface area contributed by atoms with Gasteiger partial charge in [0.05, 0.1) is 6.04 Å². The van der Waals surface area contributed by atoms with Gasteiger partial charge in [0, 0.05) is 32.7 Å². The molecule has 0 radical (unpaired) electrons. The topological polar surface area (TPSA) is 129 Å². The fourth-order valence-corrected chi connectivity index (χ4v) is 3.94. The SMILES string of the molecule is NCC[C@H](NC(=O)[C@H]1CCCN1C(=O)C1CNCCN1)C(=O)NCc1ccccc1. The third-order valence-corrected chi connectivity index (χ3v) is 5.58. The third kappa shape index (κ3) is 5.78. The predicted molar refractivity (Wildman–Crippen MR) is 113 cm³/mol. The molecule has 2 fully saturated rings. The molecule has 1 aromatic carbocycles. The van der Waals surface area contributed by atoms with Crippen LogP contribution >= 0.6 is 0 Å². The van der Waals surface area contributed by atoms with Crippen molar-refractivity contribution in [2.45, 2.75) is 43.9 Å². The number of carbonyl (C=O) groups is 3. The number of nitrogens with one attached hydrogen (secondary N) is 4. The highest BCUT2D eigenvalue weighted by Gasteiger charge is 2.38. The molecule has 164 valence electrons. The molecule has 0 bridgehead atoms. The Morgan fingerprint density at radius 1 is 1.20 bits per heavy atom. The number of piperazine rings is 1. The lowest BCUT2D eigenvalue weighted by Crippen LogP contribution is -2.59. The molecule has 2 aliphatic rings. The molecule has 9 heteroatoms. The molecule has 6 N–H and O–H groups in total. The normalized spacial score (nSPS) is 22.4. The molecule has 3 atom stereocenters. The summed E-state index contributed by atoms with van der Waals surface area (Å²) in [7, 11) is 0. The van der Waals surface area contributed by atoms with Crippen molar-refractivity contribution in [1.82, 2.24) is 26.2 Å². The van der Waals surface area contributed by atoms with Crippen LogP contribution in [0.2, 0.25) is 0 Å². The van der Waals surface area contributed by atoms with E-state index in [-0.39, 0.29) is 30.3 Å². The maximum absolute atomic E-state index is 12.9. The van der Waals surface area contributed by atoms with Gasteiger partial charge in [0.25, 0.3) is 0 Å². The Labute approximate surface area is 177 Å². The number of rotatable bonds is 8. The van der Waals surface area contributed by atoms with Crippen molar-refractivity contribution < 1.29 is 14.4 Å². The molecule has 1 aromatic rings. The number of carbonyl (C=O) groups excluding carboxylic acids is 3. The van der Waals surface area contributed by atoms with E-state index in [1.807, 2.05) is 30.3 Å². The van der Waals surface area contributed by atoms with Gasteiger partial charge < -0.3 is 31.9 Å². The van der Waals surface area contributed by atoms with Crippen LogP contribution in [0.25, 0.3) is 0 Å². The van der Waals surface area contributed by atoms with E-state index in [0.717, 1.165) is 25.1 Å². The Kier molecular flexibility index (Phi) is 8.18. The molecule has 3 amide bonds. The molecule has 30 heavy (non-hydrogen) atoms. The van der Waals surface area contributed by atoms with Gasteiger partial charge in [0.15, 0.2) is 0 Å².